The molecular weight excluding hydrogens is 211 g/mol. The van der Waals surface area contributed by atoms with Crippen LogP contribution in [-0.4, -0.2) is 42.7 Å². The fourth-order valence-electron chi connectivity index (χ4n) is 0.980. The van der Waals surface area contributed by atoms with E-state index in [0.717, 1.165) is 6.92 Å². The summed E-state index contributed by atoms with van der Waals surface area (Å²) in [5.41, 5.74) is 0. The summed E-state index contributed by atoms with van der Waals surface area (Å²) in [5.74, 6) is 0. The average molecular weight is 229 g/mol. The van der Waals surface area contributed by atoms with Crippen molar-refractivity contribution in [1.82, 2.24) is 5.32 Å². The second kappa shape index (κ2) is 6.30. The van der Waals surface area contributed by atoms with Crippen molar-refractivity contribution in [2.45, 2.75) is 45.1 Å². The fraction of sp³-hybridized carbons (Fsp3) is 1.00. The van der Waals surface area contributed by atoms with E-state index in [1.54, 1.807) is 0 Å². The van der Waals surface area contributed by atoms with Crippen molar-refractivity contribution in [3.8, 4) is 0 Å². The van der Waals surface area contributed by atoms with Crippen LogP contribution in [0.25, 0.3) is 0 Å². The molecule has 6 heteroatoms. The third-order valence-electron chi connectivity index (χ3n) is 1.80. The number of nitrogens with one attached hydrogen (secondary N) is 1. The Bertz CT molecular complexity index is 173. The summed E-state index contributed by atoms with van der Waals surface area (Å²) in [5, 5.41) is 11.8. The molecule has 0 aliphatic carbocycles. The lowest BCUT2D eigenvalue weighted by Crippen LogP contribution is -2.43. The highest BCUT2D eigenvalue weighted by molar-refractivity contribution is 4.69. The Balaban J connectivity index is 3.90. The molecule has 0 spiro atoms. The highest BCUT2D eigenvalue weighted by Gasteiger charge is 2.37. The van der Waals surface area contributed by atoms with Crippen molar-refractivity contribution < 1.29 is 23.0 Å². The Morgan fingerprint density at radius 2 is 1.80 bits per heavy atom. The van der Waals surface area contributed by atoms with Crippen molar-refractivity contribution in [2.75, 3.05) is 13.2 Å². The van der Waals surface area contributed by atoms with Crippen molar-refractivity contribution in [3.63, 3.8) is 0 Å². The molecule has 0 heterocycles. The Morgan fingerprint density at radius 3 is 2.13 bits per heavy atom. The van der Waals surface area contributed by atoms with Crippen molar-refractivity contribution in [2.24, 2.45) is 0 Å². The largest absolute Gasteiger partial charge is 0.414 e. The molecule has 0 aromatic heterocycles. The Hall–Kier alpha value is -0.330. The van der Waals surface area contributed by atoms with E-state index in [1.807, 2.05) is 13.8 Å². The van der Waals surface area contributed by atoms with Crippen LogP contribution in [0, 0.1) is 0 Å². The van der Waals surface area contributed by atoms with E-state index in [-0.39, 0.29) is 19.3 Å². The average Bonchev–Trinajstić information content (AvgIpc) is 2.09. The lowest BCUT2D eigenvalue weighted by molar-refractivity contribution is -0.216. The van der Waals surface area contributed by atoms with Crippen LogP contribution < -0.4 is 5.32 Å². The molecule has 0 aliphatic rings. The van der Waals surface area contributed by atoms with Gasteiger partial charge in [-0.25, -0.2) is 0 Å². The van der Waals surface area contributed by atoms with Gasteiger partial charge >= 0.3 is 6.18 Å². The maximum atomic E-state index is 12.1. The number of hydrogen-bond donors (Lipinski definition) is 2. The standard InChI is InChI=1S/C9H18F3NO2/c1-6(2)13-8(4-14)5-15-7(3)9(10,11)12/h6-8,13-14H,4-5H2,1-3H3. The molecule has 0 saturated heterocycles. The van der Waals surface area contributed by atoms with Crippen LogP contribution in [0.1, 0.15) is 20.8 Å². The van der Waals surface area contributed by atoms with E-state index in [0.29, 0.717) is 0 Å². The summed E-state index contributed by atoms with van der Waals surface area (Å²) in [7, 11) is 0. The number of aliphatic hydroxyl groups is 1. The first kappa shape index (κ1) is 14.7. The van der Waals surface area contributed by atoms with E-state index in [2.05, 4.69) is 10.1 Å². The van der Waals surface area contributed by atoms with Crippen LogP contribution in [0.3, 0.4) is 0 Å². The molecule has 0 aromatic rings. The normalized spacial score (nSPS) is 16.8. The van der Waals surface area contributed by atoms with Gasteiger partial charge in [-0.1, -0.05) is 13.8 Å². The lowest BCUT2D eigenvalue weighted by Gasteiger charge is -2.22. The molecule has 0 rings (SSSR count). The van der Waals surface area contributed by atoms with Gasteiger partial charge in [0.1, 0.15) is 0 Å². The van der Waals surface area contributed by atoms with Crippen molar-refractivity contribution in [1.29, 1.82) is 0 Å². The number of halogens is 3. The summed E-state index contributed by atoms with van der Waals surface area (Å²) in [6.45, 7) is 4.23. The quantitative estimate of drug-likeness (QED) is 0.721. The van der Waals surface area contributed by atoms with Gasteiger partial charge in [-0.15, -0.1) is 0 Å². The molecule has 2 unspecified atom stereocenters. The van der Waals surface area contributed by atoms with Crippen LogP contribution in [0.2, 0.25) is 0 Å². The minimum atomic E-state index is -4.35. The zero-order valence-corrected chi connectivity index (χ0v) is 9.14. The Labute approximate surface area is 87.6 Å². The van der Waals surface area contributed by atoms with Gasteiger partial charge in [0.25, 0.3) is 0 Å². The molecule has 0 radical (unpaired) electrons. The van der Waals surface area contributed by atoms with Crippen LogP contribution >= 0.6 is 0 Å². The number of aliphatic hydroxyl groups excluding tert-OH is 1. The first-order valence-electron chi connectivity index (χ1n) is 4.82. The van der Waals surface area contributed by atoms with Gasteiger partial charge in [0.15, 0.2) is 6.10 Å². The Morgan fingerprint density at radius 1 is 1.27 bits per heavy atom. The van der Waals surface area contributed by atoms with Gasteiger partial charge < -0.3 is 15.2 Å². The predicted molar refractivity (Wildman–Crippen MR) is 50.6 cm³/mol. The van der Waals surface area contributed by atoms with Crippen LogP contribution in [0.15, 0.2) is 0 Å². The van der Waals surface area contributed by atoms with E-state index in [9.17, 15) is 13.2 Å². The fourth-order valence-corrected chi connectivity index (χ4v) is 0.980. The first-order chi connectivity index (χ1) is 6.77. The summed E-state index contributed by atoms with van der Waals surface area (Å²) >= 11 is 0. The molecule has 0 bridgehead atoms. The predicted octanol–water partition coefficient (Wildman–Crippen LogP) is 1.31. The van der Waals surface area contributed by atoms with Crippen molar-refractivity contribution in [3.05, 3.63) is 0 Å². The SMILES string of the molecule is CC(C)NC(CO)COC(C)C(F)(F)F. The smallest absolute Gasteiger partial charge is 0.395 e. The molecule has 2 N–H and O–H groups in total. The Kier molecular flexibility index (Phi) is 6.16. The van der Waals surface area contributed by atoms with Gasteiger partial charge in [0.2, 0.25) is 0 Å². The monoisotopic (exact) mass is 229 g/mol. The number of hydrogen-bond acceptors (Lipinski definition) is 3. The maximum Gasteiger partial charge on any atom is 0.414 e. The molecule has 0 amide bonds. The highest BCUT2D eigenvalue weighted by Crippen LogP contribution is 2.22. The molecular formula is C9H18F3NO2. The molecule has 0 aliphatic heterocycles. The second-order valence-electron chi connectivity index (χ2n) is 3.72. The number of alkyl halides is 3. The zero-order chi connectivity index (χ0) is 12.1. The van der Waals surface area contributed by atoms with Gasteiger partial charge in [-0.2, -0.15) is 13.2 Å². The topological polar surface area (TPSA) is 41.5 Å². The highest BCUT2D eigenvalue weighted by atomic mass is 19.4. The van der Waals surface area contributed by atoms with Gasteiger partial charge in [-0.3, -0.25) is 0 Å². The zero-order valence-electron chi connectivity index (χ0n) is 9.14. The molecule has 0 fully saturated rings. The van der Waals surface area contributed by atoms with Gasteiger partial charge in [0, 0.05) is 6.04 Å². The van der Waals surface area contributed by atoms with Crippen LogP contribution in [-0.2, 0) is 4.74 Å². The summed E-state index contributed by atoms with van der Waals surface area (Å²) in [6.07, 6.45) is -6.15. The number of rotatable bonds is 6. The summed E-state index contributed by atoms with van der Waals surface area (Å²) in [4.78, 5) is 0. The van der Waals surface area contributed by atoms with E-state index in [1.165, 1.54) is 0 Å². The molecule has 92 valence electrons. The van der Waals surface area contributed by atoms with Gasteiger partial charge in [-0.05, 0) is 6.92 Å². The molecule has 0 saturated carbocycles. The third-order valence-corrected chi connectivity index (χ3v) is 1.80. The first-order valence-corrected chi connectivity index (χ1v) is 4.82. The third kappa shape index (κ3) is 6.70. The van der Waals surface area contributed by atoms with Crippen LogP contribution in [0.5, 0.6) is 0 Å². The summed E-state index contributed by atoms with van der Waals surface area (Å²) in [6, 6.07) is -0.373. The molecule has 15 heavy (non-hydrogen) atoms. The lowest BCUT2D eigenvalue weighted by atomic mass is 10.3. The minimum absolute atomic E-state index is 0.0898. The molecule has 3 nitrogen and oxygen atoms in total. The van der Waals surface area contributed by atoms with Gasteiger partial charge in [0.05, 0.1) is 19.3 Å². The number of ether oxygens (including phenoxy) is 1. The van der Waals surface area contributed by atoms with Crippen LogP contribution in [0.4, 0.5) is 13.2 Å². The van der Waals surface area contributed by atoms with Crippen molar-refractivity contribution >= 4 is 0 Å². The molecule has 0 aromatic carbocycles. The maximum absolute atomic E-state index is 12.1. The summed E-state index contributed by atoms with van der Waals surface area (Å²) < 4.78 is 40.8. The van der Waals surface area contributed by atoms with E-state index >= 15 is 0 Å². The van der Waals surface area contributed by atoms with E-state index < -0.39 is 18.3 Å². The molecule has 2 atom stereocenters. The van der Waals surface area contributed by atoms with E-state index in [4.69, 9.17) is 5.11 Å². The second-order valence-corrected chi connectivity index (χ2v) is 3.72. The minimum Gasteiger partial charge on any atom is -0.395 e.